The molecule has 0 radical (unpaired) electrons. The van der Waals surface area contributed by atoms with E-state index in [1.165, 1.54) is 24.0 Å². The summed E-state index contributed by atoms with van der Waals surface area (Å²) in [6, 6.07) is 6.23. The highest BCUT2D eigenvalue weighted by Crippen LogP contribution is 2.29. The molecule has 0 aromatic heterocycles. The fourth-order valence-electron chi connectivity index (χ4n) is 2.46. The van der Waals surface area contributed by atoms with Crippen molar-refractivity contribution >= 4 is 11.6 Å². The van der Waals surface area contributed by atoms with Gasteiger partial charge >= 0.3 is 0 Å². The van der Waals surface area contributed by atoms with Crippen LogP contribution in [0.1, 0.15) is 30.0 Å². The van der Waals surface area contributed by atoms with Crippen LogP contribution in [0.15, 0.2) is 18.2 Å². The Morgan fingerprint density at radius 2 is 2.20 bits per heavy atom. The van der Waals surface area contributed by atoms with E-state index in [-0.39, 0.29) is 6.04 Å². The van der Waals surface area contributed by atoms with Crippen LogP contribution in [0.5, 0.6) is 0 Å². The van der Waals surface area contributed by atoms with Gasteiger partial charge in [0.25, 0.3) is 0 Å². The van der Waals surface area contributed by atoms with Crippen LogP contribution in [0.4, 0.5) is 0 Å². The van der Waals surface area contributed by atoms with Crippen molar-refractivity contribution < 1.29 is 4.74 Å². The van der Waals surface area contributed by atoms with Gasteiger partial charge in [0.05, 0.1) is 6.61 Å². The van der Waals surface area contributed by atoms with Gasteiger partial charge in [-0.05, 0) is 56.0 Å². The van der Waals surface area contributed by atoms with Gasteiger partial charge in [-0.3, -0.25) is 4.90 Å². The maximum atomic E-state index is 6.02. The summed E-state index contributed by atoms with van der Waals surface area (Å²) in [5, 5.41) is 0.775. The molecule has 1 aliphatic carbocycles. The predicted octanol–water partition coefficient (Wildman–Crippen LogP) is 3.01. The first kappa shape index (κ1) is 15.8. The number of rotatable bonds is 8. The van der Waals surface area contributed by atoms with E-state index < -0.39 is 0 Å². The number of ether oxygens (including phenoxy) is 1. The molecular formula is C16H25ClN2O. The van der Waals surface area contributed by atoms with Crippen LogP contribution in [0.3, 0.4) is 0 Å². The van der Waals surface area contributed by atoms with E-state index in [0.717, 1.165) is 30.7 Å². The maximum absolute atomic E-state index is 6.02. The zero-order chi connectivity index (χ0) is 14.5. The Balaban J connectivity index is 1.88. The van der Waals surface area contributed by atoms with E-state index in [2.05, 4.69) is 24.9 Å². The Bertz CT molecular complexity index is 434. The summed E-state index contributed by atoms with van der Waals surface area (Å²) in [6.45, 7) is 5.27. The van der Waals surface area contributed by atoms with E-state index in [1.54, 1.807) is 0 Å². The van der Waals surface area contributed by atoms with E-state index in [9.17, 15) is 0 Å². The number of nitrogens with zero attached hydrogens (tertiary/aromatic N) is 1. The Morgan fingerprint density at radius 3 is 2.80 bits per heavy atom. The summed E-state index contributed by atoms with van der Waals surface area (Å²) in [7, 11) is 2.10. The van der Waals surface area contributed by atoms with Crippen molar-refractivity contribution in [2.75, 3.05) is 33.4 Å². The third-order valence-corrected chi connectivity index (χ3v) is 4.22. The second-order valence-electron chi connectivity index (χ2n) is 5.75. The Hall–Kier alpha value is -0.610. The van der Waals surface area contributed by atoms with Gasteiger partial charge in [-0.1, -0.05) is 17.7 Å². The highest BCUT2D eigenvalue weighted by molar-refractivity contribution is 6.30. The zero-order valence-electron chi connectivity index (χ0n) is 12.4. The number of benzene rings is 1. The molecule has 0 heterocycles. The van der Waals surface area contributed by atoms with Crippen molar-refractivity contribution in [1.82, 2.24) is 4.90 Å². The lowest BCUT2D eigenvalue weighted by Gasteiger charge is -2.28. The fraction of sp³-hybridized carbons (Fsp3) is 0.625. The molecule has 1 unspecified atom stereocenters. The molecule has 0 aliphatic heterocycles. The third kappa shape index (κ3) is 4.45. The van der Waals surface area contributed by atoms with E-state index in [0.29, 0.717) is 6.54 Å². The lowest BCUT2D eigenvalue weighted by molar-refractivity contribution is 0.0922. The summed E-state index contributed by atoms with van der Waals surface area (Å²) < 4.78 is 5.70. The molecule has 0 amide bonds. The van der Waals surface area contributed by atoms with Crippen molar-refractivity contribution in [2.24, 2.45) is 11.7 Å². The molecule has 20 heavy (non-hydrogen) atoms. The van der Waals surface area contributed by atoms with Crippen molar-refractivity contribution in [3.63, 3.8) is 0 Å². The summed E-state index contributed by atoms with van der Waals surface area (Å²) in [5.74, 6) is 0.823. The van der Waals surface area contributed by atoms with Crippen LogP contribution >= 0.6 is 11.6 Å². The zero-order valence-corrected chi connectivity index (χ0v) is 13.2. The number of halogens is 1. The number of aryl methyl sites for hydroxylation is 1. The van der Waals surface area contributed by atoms with Crippen LogP contribution in [-0.4, -0.2) is 38.3 Å². The molecule has 0 saturated heterocycles. The molecule has 1 saturated carbocycles. The highest BCUT2D eigenvalue weighted by atomic mass is 35.5. The summed E-state index contributed by atoms with van der Waals surface area (Å²) in [5.41, 5.74) is 8.40. The van der Waals surface area contributed by atoms with Crippen LogP contribution in [-0.2, 0) is 4.74 Å². The third-order valence-electron chi connectivity index (χ3n) is 3.98. The lowest BCUT2D eigenvalue weighted by atomic mass is 10.0. The standard InChI is InChI=1S/C16H25ClN2O/c1-12-9-14(17)5-6-15(12)16(10-18)19(2)7-8-20-11-13-3-4-13/h5-6,9,13,16H,3-4,7-8,10-11,18H2,1-2H3. The van der Waals surface area contributed by atoms with Gasteiger partial charge in [0, 0.05) is 30.8 Å². The molecule has 1 aromatic carbocycles. The quantitative estimate of drug-likeness (QED) is 0.750. The molecule has 4 heteroatoms. The molecule has 112 valence electrons. The molecule has 0 spiro atoms. The second kappa shape index (κ2) is 7.41. The normalized spacial score (nSPS) is 16.6. The number of hydrogen-bond acceptors (Lipinski definition) is 3. The molecule has 1 atom stereocenters. The van der Waals surface area contributed by atoms with Crippen molar-refractivity contribution in [3.8, 4) is 0 Å². The average Bonchev–Trinajstić information content (AvgIpc) is 3.22. The molecule has 2 N–H and O–H groups in total. The Labute approximate surface area is 127 Å². The minimum atomic E-state index is 0.219. The first-order chi connectivity index (χ1) is 9.61. The van der Waals surface area contributed by atoms with Gasteiger partial charge in [0.1, 0.15) is 0 Å². The van der Waals surface area contributed by atoms with Crippen LogP contribution in [0.2, 0.25) is 5.02 Å². The minimum absolute atomic E-state index is 0.219. The Morgan fingerprint density at radius 1 is 1.45 bits per heavy atom. The van der Waals surface area contributed by atoms with Gasteiger partial charge in [0.15, 0.2) is 0 Å². The number of likely N-dealkylation sites (N-methyl/N-ethyl adjacent to an activating group) is 1. The number of hydrogen-bond donors (Lipinski definition) is 1. The monoisotopic (exact) mass is 296 g/mol. The van der Waals surface area contributed by atoms with Gasteiger partial charge in [0.2, 0.25) is 0 Å². The molecule has 1 aliphatic rings. The largest absolute Gasteiger partial charge is 0.380 e. The summed E-state index contributed by atoms with van der Waals surface area (Å²) in [4.78, 5) is 2.27. The van der Waals surface area contributed by atoms with E-state index in [4.69, 9.17) is 22.1 Å². The van der Waals surface area contributed by atoms with Crippen molar-refractivity contribution in [1.29, 1.82) is 0 Å². The first-order valence-electron chi connectivity index (χ1n) is 7.36. The molecule has 3 nitrogen and oxygen atoms in total. The van der Waals surface area contributed by atoms with Gasteiger partial charge < -0.3 is 10.5 Å². The Kier molecular flexibility index (Phi) is 5.85. The van der Waals surface area contributed by atoms with Crippen molar-refractivity contribution in [3.05, 3.63) is 34.3 Å². The predicted molar refractivity (Wildman–Crippen MR) is 84.2 cm³/mol. The van der Waals surface area contributed by atoms with E-state index >= 15 is 0 Å². The average molecular weight is 297 g/mol. The van der Waals surface area contributed by atoms with Crippen LogP contribution < -0.4 is 5.73 Å². The molecule has 0 bridgehead atoms. The SMILES string of the molecule is Cc1cc(Cl)ccc1C(CN)N(C)CCOCC1CC1. The summed E-state index contributed by atoms with van der Waals surface area (Å²) >= 11 is 6.02. The first-order valence-corrected chi connectivity index (χ1v) is 7.73. The molecule has 1 aromatic rings. The van der Waals surface area contributed by atoms with E-state index in [1.807, 2.05) is 12.1 Å². The maximum Gasteiger partial charge on any atom is 0.0593 e. The van der Waals surface area contributed by atoms with Crippen molar-refractivity contribution in [2.45, 2.75) is 25.8 Å². The summed E-state index contributed by atoms with van der Waals surface area (Å²) in [6.07, 6.45) is 2.68. The molecule has 1 fully saturated rings. The molecule has 2 rings (SSSR count). The van der Waals surface area contributed by atoms with Gasteiger partial charge in [-0.15, -0.1) is 0 Å². The number of nitrogens with two attached hydrogens (primary N) is 1. The van der Waals surface area contributed by atoms with Crippen LogP contribution in [0, 0.1) is 12.8 Å². The fourth-order valence-corrected chi connectivity index (χ4v) is 2.68. The van der Waals surface area contributed by atoms with Crippen LogP contribution in [0.25, 0.3) is 0 Å². The van der Waals surface area contributed by atoms with Gasteiger partial charge in [-0.25, -0.2) is 0 Å². The smallest absolute Gasteiger partial charge is 0.0593 e. The molecular weight excluding hydrogens is 272 g/mol. The van der Waals surface area contributed by atoms with Gasteiger partial charge in [-0.2, -0.15) is 0 Å². The highest BCUT2D eigenvalue weighted by Gasteiger charge is 2.21. The lowest BCUT2D eigenvalue weighted by Crippen LogP contribution is -2.33. The minimum Gasteiger partial charge on any atom is -0.380 e. The topological polar surface area (TPSA) is 38.5 Å². The second-order valence-corrected chi connectivity index (χ2v) is 6.19.